The Morgan fingerprint density at radius 3 is 2.33 bits per heavy atom. The molecule has 42 heavy (non-hydrogen) atoms. The number of carbonyl (C=O) groups is 1. The fraction of sp³-hybridized carbons (Fsp3) is 0.485. The number of nitrogens with zero attached hydrogens (tertiary/aromatic N) is 3. The number of hydrogen-bond acceptors (Lipinski definition) is 6. The number of carbonyl (C=O) groups excluding carboxylic acids is 1. The maximum atomic E-state index is 14.3. The number of nitrogens with one attached hydrogen (secondary N) is 1. The second-order valence-corrected chi connectivity index (χ2v) is 15.4. The van der Waals surface area contributed by atoms with Gasteiger partial charge in [0.15, 0.2) is 0 Å². The fourth-order valence-corrected chi connectivity index (χ4v) is 7.70. The van der Waals surface area contributed by atoms with Crippen molar-refractivity contribution in [3.8, 4) is 17.1 Å². The summed E-state index contributed by atoms with van der Waals surface area (Å²) in [6.45, 7) is 12.7. The lowest BCUT2D eigenvalue weighted by molar-refractivity contribution is 0.00457. The summed E-state index contributed by atoms with van der Waals surface area (Å²) in [7, 11) is -4.10. The van der Waals surface area contributed by atoms with E-state index >= 15 is 0 Å². The van der Waals surface area contributed by atoms with Crippen LogP contribution < -0.4 is 9.46 Å². The fourth-order valence-electron chi connectivity index (χ4n) is 6.71. The Hall–Kier alpha value is -3.46. The van der Waals surface area contributed by atoms with Crippen molar-refractivity contribution in [2.24, 2.45) is 10.8 Å². The maximum Gasteiger partial charge on any atom is 0.264 e. The molecule has 1 atom stereocenters. The highest BCUT2D eigenvalue weighted by atomic mass is 32.2. The van der Waals surface area contributed by atoms with Gasteiger partial charge in [0.05, 0.1) is 16.6 Å². The number of fused-ring (bicyclic) bond motifs is 4. The molecule has 0 saturated heterocycles. The Bertz CT molecular complexity index is 1650. The molecule has 2 saturated carbocycles. The van der Waals surface area contributed by atoms with Crippen molar-refractivity contribution < 1.29 is 17.9 Å². The smallest absolute Gasteiger partial charge is 0.264 e. The largest absolute Gasteiger partial charge is 0.475 e. The molecule has 1 amide bonds. The van der Waals surface area contributed by atoms with Crippen LogP contribution in [0.15, 0.2) is 47.4 Å². The van der Waals surface area contributed by atoms with Crippen molar-refractivity contribution in [1.29, 1.82) is 0 Å². The predicted molar refractivity (Wildman–Crippen MR) is 163 cm³/mol. The van der Waals surface area contributed by atoms with Gasteiger partial charge in [0.25, 0.3) is 15.9 Å². The topological polar surface area (TPSA) is 101 Å². The summed E-state index contributed by atoms with van der Waals surface area (Å²) in [5.74, 6) is 0.0865. The van der Waals surface area contributed by atoms with E-state index in [9.17, 15) is 13.2 Å². The number of aromatic nitrogens is 2. The van der Waals surface area contributed by atoms with E-state index in [-0.39, 0.29) is 40.9 Å². The zero-order chi connectivity index (χ0) is 30.0. The first-order valence-corrected chi connectivity index (χ1v) is 16.3. The summed E-state index contributed by atoms with van der Waals surface area (Å²) < 4.78 is 36.3. The van der Waals surface area contributed by atoms with Gasteiger partial charge in [0.2, 0.25) is 11.8 Å². The molecule has 0 radical (unpaired) electrons. The van der Waals surface area contributed by atoms with Crippen LogP contribution in [-0.4, -0.2) is 47.9 Å². The van der Waals surface area contributed by atoms with Crippen LogP contribution in [0.3, 0.4) is 0 Å². The third-order valence-electron chi connectivity index (χ3n) is 9.01. The van der Waals surface area contributed by atoms with Gasteiger partial charge in [0.1, 0.15) is 6.61 Å². The van der Waals surface area contributed by atoms with Crippen molar-refractivity contribution >= 4 is 21.9 Å². The zero-order valence-corrected chi connectivity index (χ0v) is 26.1. The van der Waals surface area contributed by atoms with E-state index in [2.05, 4.69) is 30.5 Å². The number of ether oxygens (including phenoxy) is 1. The van der Waals surface area contributed by atoms with Crippen LogP contribution in [0.25, 0.3) is 11.3 Å². The van der Waals surface area contributed by atoms with Gasteiger partial charge in [-0.15, -0.1) is 0 Å². The average molecular weight is 589 g/mol. The van der Waals surface area contributed by atoms with E-state index in [4.69, 9.17) is 9.72 Å². The molecule has 4 bridgehead atoms. The average Bonchev–Trinajstić information content (AvgIpc) is 3.69. The molecule has 2 aliphatic carbocycles. The van der Waals surface area contributed by atoms with Crippen LogP contribution in [0.5, 0.6) is 5.88 Å². The van der Waals surface area contributed by atoms with Crippen molar-refractivity contribution in [1.82, 2.24) is 14.9 Å². The highest BCUT2D eigenvalue weighted by Crippen LogP contribution is 2.62. The standard InChI is InChI=1S/C33H40N4O4S/c1-20-9-7-10-21(2)27(20)28-22(3)29-35-31(34-28)36-42(39,40)26-12-8-11-23(15-26)30(38)37(24-17-33(18-24)13-14-33)25(19-41-29)16-32(4,5)6/h7-12,15,24-25H,13-14,16-19H2,1-6H3,(H,34,35,36)/t25-/m1/s1. The lowest BCUT2D eigenvalue weighted by Crippen LogP contribution is -2.56. The van der Waals surface area contributed by atoms with Gasteiger partial charge >= 0.3 is 0 Å². The third-order valence-corrected chi connectivity index (χ3v) is 10.3. The normalized spacial score (nSPS) is 21.3. The number of anilines is 1. The van der Waals surface area contributed by atoms with Gasteiger partial charge in [-0.2, -0.15) is 4.98 Å². The molecule has 8 nitrogen and oxygen atoms in total. The van der Waals surface area contributed by atoms with Crippen LogP contribution in [-0.2, 0) is 10.0 Å². The molecule has 1 N–H and O–H groups in total. The minimum atomic E-state index is -4.10. The summed E-state index contributed by atoms with van der Waals surface area (Å²) in [5, 5.41) is 0. The van der Waals surface area contributed by atoms with E-state index in [1.807, 2.05) is 43.9 Å². The van der Waals surface area contributed by atoms with E-state index in [1.165, 1.54) is 25.0 Å². The van der Waals surface area contributed by atoms with Crippen molar-refractivity contribution in [2.75, 3.05) is 11.3 Å². The number of rotatable bonds is 3. The monoisotopic (exact) mass is 588 g/mol. The molecule has 0 unspecified atom stereocenters. The van der Waals surface area contributed by atoms with Crippen molar-refractivity contribution in [2.45, 2.75) is 90.6 Å². The molecule has 9 heteroatoms. The van der Waals surface area contributed by atoms with Gasteiger partial charge in [-0.1, -0.05) is 45.0 Å². The second-order valence-electron chi connectivity index (χ2n) is 13.7. The lowest BCUT2D eigenvalue weighted by atomic mass is 9.74. The predicted octanol–water partition coefficient (Wildman–Crippen LogP) is 6.45. The Morgan fingerprint density at radius 2 is 1.69 bits per heavy atom. The van der Waals surface area contributed by atoms with Crippen LogP contribution in [0.1, 0.15) is 79.9 Å². The summed E-state index contributed by atoms with van der Waals surface area (Å²) in [4.78, 5) is 25.6. The molecular weight excluding hydrogens is 548 g/mol. The number of amides is 1. The molecule has 222 valence electrons. The highest BCUT2D eigenvalue weighted by molar-refractivity contribution is 7.92. The Morgan fingerprint density at radius 1 is 1.02 bits per heavy atom. The molecule has 3 aliphatic rings. The molecule has 2 aromatic carbocycles. The maximum absolute atomic E-state index is 14.3. The Kier molecular flexibility index (Phi) is 6.87. The van der Waals surface area contributed by atoms with Crippen LogP contribution in [0, 0.1) is 31.6 Å². The minimum Gasteiger partial charge on any atom is -0.475 e. The zero-order valence-electron chi connectivity index (χ0n) is 25.3. The number of aryl methyl sites for hydroxylation is 2. The SMILES string of the molecule is Cc1cccc(C)c1-c1nc2nc(c1C)OC[C@@H](CC(C)(C)C)N(C1CC3(CC3)C1)C(=O)c1cccc(c1)S(=O)(=O)N2. The molecule has 1 aromatic heterocycles. The second kappa shape index (κ2) is 10.1. The Balaban J connectivity index is 1.52. The molecule has 2 heterocycles. The molecule has 6 rings (SSSR count). The lowest BCUT2D eigenvalue weighted by Gasteiger charge is -2.48. The van der Waals surface area contributed by atoms with Crippen LogP contribution in [0.4, 0.5) is 5.95 Å². The third kappa shape index (κ3) is 5.39. The summed E-state index contributed by atoms with van der Waals surface area (Å²) in [6.07, 6.45) is 5.11. The van der Waals surface area contributed by atoms with E-state index in [1.54, 1.807) is 12.1 Å². The van der Waals surface area contributed by atoms with Gasteiger partial charge in [-0.3, -0.25) is 4.79 Å². The first kappa shape index (κ1) is 28.6. The van der Waals surface area contributed by atoms with Crippen molar-refractivity contribution in [3.05, 3.63) is 64.7 Å². The molecule has 2 fully saturated rings. The van der Waals surface area contributed by atoms with E-state index in [0.29, 0.717) is 22.6 Å². The molecule has 1 aliphatic heterocycles. The van der Waals surface area contributed by atoms with Gasteiger partial charge in [0, 0.05) is 22.7 Å². The van der Waals surface area contributed by atoms with E-state index < -0.39 is 10.0 Å². The molecule has 3 aromatic rings. The summed E-state index contributed by atoms with van der Waals surface area (Å²) in [6, 6.07) is 12.2. The van der Waals surface area contributed by atoms with Gasteiger partial charge < -0.3 is 9.64 Å². The van der Waals surface area contributed by atoms with Gasteiger partial charge in [-0.05, 0) is 93.0 Å². The first-order valence-electron chi connectivity index (χ1n) is 14.8. The quantitative estimate of drug-likeness (QED) is 0.377. The van der Waals surface area contributed by atoms with E-state index in [0.717, 1.165) is 41.5 Å². The van der Waals surface area contributed by atoms with Crippen LogP contribution >= 0.6 is 0 Å². The highest BCUT2D eigenvalue weighted by Gasteiger charge is 2.56. The van der Waals surface area contributed by atoms with Crippen LogP contribution in [0.2, 0.25) is 0 Å². The molecular formula is C33H40N4O4S. The van der Waals surface area contributed by atoms with Gasteiger partial charge in [-0.25, -0.2) is 18.1 Å². The number of sulfonamides is 1. The van der Waals surface area contributed by atoms with Crippen molar-refractivity contribution in [3.63, 3.8) is 0 Å². The Labute approximate surface area is 249 Å². The summed E-state index contributed by atoms with van der Waals surface area (Å²) >= 11 is 0. The summed E-state index contributed by atoms with van der Waals surface area (Å²) in [5.41, 5.74) is 4.95. The number of benzene rings is 2. The number of hydrogen-bond donors (Lipinski definition) is 1. The minimum absolute atomic E-state index is 0.00698. The molecule has 1 spiro atoms. The first-order chi connectivity index (χ1) is 19.8.